The van der Waals surface area contributed by atoms with E-state index in [1.807, 2.05) is 0 Å². The molecule has 0 aliphatic carbocycles. The summed E-state index contributed by atoms with van der Waals surface area (Å²) in [5, 5.41) is 0. The van der Waals surface area contributed by atoms with E-state index in [1.165, 1.54) is 39.5 Å². The van der Waals surface area contributed by atoms with Crippen LogP contribution >= 0.6 is 0 Å². The second kappa shape index (κ2) is 9.14. The minimum atomic E-state index is -2.64. The Labute approximate surface area is 111 Å². The first-order valence-corrected chi connectivity index (χ1v) is 9.31. The third-order valence-corrected chi connectivity index (χ3v) is 5.40. The second-order valence-corrected chi connectivity index (χ2v) is 8.01. The van der Waals surface area contributed by atoms with Gasteiger partial charge in [0.2, 0.25) is 0 Å². The largest absolute Gasteiger partial charge is 0.485 e. The summed E-state index contributed by atoms with van der Waals surface area (Å²) in [5.41, 5.74) is 0. The van der Waals surface area contributed by atoms with E-state index >= 15 is 0 Å². The van der Waals surface area contributed by atoms with Crippen LogP contribution < -0.4 is 0 Å². The molecule has 4 nitrogen and oxygen atoms in total. The molecule has 0 aliphatic heterocycles. The normalized spacial score (nSPS) is 11.1. The Balaban J connectivity index is 4.01. The number of unbranched alkanes of at least 4 members (excludes halogenated alkanes) is 5. The summed E-state index contributed by atoms with van der Waals surface area (Å²) in [7, 11) is -2.64. The molecule has 0 saturated carbocycles. The van der Waals surface area contributed by atoms with Crippen molar-refractivity contribution in [2.24, 2.45) is 0 Å². The Morgan fingerprint density at radius 3 is 1.78 bits per heavy atom. The quantitative estimate of drug-likeness (QED) is 0.476. The molecule has 0 aromatic heterocycles. The molecular formula is C13H26O4Si. The molecule has 106 valence electrons. The lowest BCUT2D eigenvalue weighted by Crippen LogP contribution is -2.41. The van der Waals surface area contributed by atoms with E-state index in [1.54, 1.807) is 6.55 Å². The highest BCUT2D eigenvalue weighted by molar-refractivity contribution is 6.69. The molecule has 0 spiro atoms. The van der Waals surface area contributed by atoms with Crippen molar-refractivity contribution in [1.82, 2.24) is 0 Å². The van der Waals surface area contributed by atoms with E-state index in [-0.39, 0.29) is 11.9 Å². The van der Waals surface area contributed by atoms with Crippen molar-refractivity contribution >= 4 is 20.5 Å². The Bertz CT molecular complexity index is 250. The Kier molecular flexibility index (Phi) is 8.71. The fourth-order valence-electron chi connectivity index (χ4n) is 1.96. The predicted molar refractivity (Wildman–Crippen MR) is 73.3 cm³/mol. The van der Waals surface area contributed by atoms with Gasteiger partial charge in [0.15, 0.2) is 0 Å². The summed E-state index contributed by atoms with van der Waals surface area (Å²) in [6, 6.07) is 0.693. The molecule has 5 heteroatoms. The van der Waals surface area contributed by atoms with Crippen LogP contribution in [-0.4, -0.2) is 20.5 Å². The minimum absolute atomic E-state index is 0.364. The van der Waals surface area contributed by atoms with Crippen LogP contribution in [0.1, 0.15) is 59.3 Å². The average Bonchev–Trinajstić information content (AvgIpc) is 2.20. The highest BCUT2D eigenvalue weighted by Gasteiger charge is 2.37. The first-order chi connectivity index (χ1) is 8.39. The lowest BCUT2D eigenvalue weighted by atomic mass is 10.1. The van der Waals surface area contributed by atoms with Gasteiger partial charge in [0.05, 0.1) is 0 Å². The van der Waals surface area contributed by atoms with Gasteiger partial charge < -0.3 is 8.85 Å². The van der Waals surface area contributed by atoms with Crippen LogP contribution in [0.15, 0.2) is 0 Å². The maximum atomic E-state index is 11.0. The van der Waals surface area contributed by atoms with E-state index in [4.69, 9.17) is 8.85 Å². The predicted octanol–water partition coefficient (Wildman–Crippen LogP) is 3.55. The number of rotatable bonds is 9. The van der Waals surface area contributed by atoms with Crippen LogP contribution in [-0.2, 0) is 18.4 Å². The van der Waals surface area contributed by atoms with Gasteiger partial charge in [0, 0.05) is 26.4 Å². The van der Waals surface area contributed by atoms with Crippen molar-refractivity contribution < 1.29 is 18.4 Å². The molecule has 0 radical (unpaired) electrons. The second-order valence-electron chi connectivity index (χ2n) is 4.84. The third-order valence-electron chi connectivity index (χ3n) is 2.70. The molecule has 18 heavy (non-hydrogen) atoms. The van der Waals surface area contributed by atoms with Crippen molar-refractivity contribution in [3.8, 4) is 0 Å². The van der Waals surface area contributed by atoms with Crippen molar-refractivity contribution in [2.45, 2.75) is 71.9 Å². The van der Waals surface area contributed by atoms with Crippen molar-refractivity contribution in [1.29, 1.82) is 0 Å². The SMILES string of the molecule is CCCCCCCC[Si](C)(OC(C)=O)OC(C)=O. The molecule has 0 unspecified atom stereocenters. The molecule has 0 bridgehead atoms. The summed E-state index contributed by atoms with van der Waals surface area (Å²) in [5.74, 6) is -0.729. The standard InChI is InChI=1S/C13H26O4Si/c1-5-6-7-8-9-10-11-18(4,16-12(2)14)17-13(3)15/h5-11H2,1-4H3. The highest BCUT2D eigenvalue weighted by Crippen LogP contribution is 2.19. The number of carbonyl (C=O) groups is 2. The maximum Gasteiger partial charge on any atom is 0.461 e. The van der Waals surface area contributed by atoms with E-state index in [0.717, 1.165) is 12.8 Å². The minimum Gasteiger partial charge on any atom is -0.485 e. The smallest absolute Gasteiger partial charge is 0.461 e. The van der Waals surface area contributed by atoms with Gasteiger partial charge in [-0.15, -0.1) is 0 Å². The zero-order valence-corrected chi connectivity index (χ0v) is 13.1. The van der Waals surface area contributed by atoms with E-state index in [0.29, 0.717) is 6.04 Å². The van der Waals surface area contributed by atoms with Gasteiger partial charge in [-0.2, -0.15) is 0 Å². The van der Waals surface area contributed by atoms with Crippen LogP contribution in [0, 0.1) is 0 Å². The zero-order chi connectivity index (χ0) is 14.0. The third kappa shape index (κ3) is 9.21. The van der Waals surface area contributed by atoms with Crippen molar-refractivity contribution in [3.63, 3.8) is 0 Å². The van der Waals surface area contributed by atoms with Gasteiger partial charge in [0.25, 0.3) is 11.9 Å². The molecule has 0 heterocycles. The van der Waals surface area contributed by atoms with Crippen LogP contribution in [0.4, 0.5) is 0 Å². The number of hydrogen-bond donors (Lipinski definition) is 0. The molecule has 0 saturated heterocycles. The van der Waals surface area contributed by atoms with E-state index < -0.39 is 8.56 Å². The summed E-state index contributed by atoms with van der Waals surface area (Å²) < 4.78 is 10.5. The highest BCUT2D eigenvalue weighted by atomic mass is 28.4. The van der Waals surface area contributed by atoms with Crippen molar-refractivity contribution in [3.05, 3.63) is 0 Å². The molecule has 0 atom stereocenters. The Morgan fingerprint density at radius 1 is 0.889 bits per heavy atom. The van der Waals surface area contributed by atoms with Crippen LogP contribution in [0.25, 0.3) is 0 Å². The molecule has 0 aromatic rings. The summed E-state index contributed by atoms with van der Waals surface area (Å²) >= 11 is 0. The fourth-order valence-corrected chi connectivity index (χ4v) is 4.31. The molecule has 0 N–H and O–H groups in total. The number of carbonyl (C=O) groups excluding carboxylic acids is 2. The van der Waals surface area contributed by atoms with Crippen molar-refractivity contribution in [2.75, 3.05) is 0 Å². The Hall–Kier alpha value is -0.843. The fraction of sp³-hybridized carbons (Fsp3) is 0.846. The lowest BCUT2D eigenvalue weighted by Gasteiger charge is -2.24. The van der Waals surface area contributed by atoms with E-state index in [9.17, 15) is 9.59 Å². The maximum absolute atomic E-state index is 11.0. The van der Waals surface area contributed by atoms with Gasteiger partial charge >= 0.3 is 8.56 Å². The first kappa shape index (κ1) is 17.2. The topological polar surface area (TPSA) is 52.6 Å². The molecule has 0 amide bonds. The molecular weight excluding hydrogens is 248 g/mol. The van der Waals surface area contributed by atoms with Gasteiger partial charge in [-0.1, -0.05) is 39.0 Å². The van der Waals surface area contributed by atoms with Crippen LogP contribution in [0.2, 0.25) is 12.6 Å². The summed E-state index contributed by atoms with van der Waals surface area (Å²) in [6.45, 7) is 6.68. The van der Waals surface area contributed by atoms with Crippen LogP contribution in [0.3, 0.4) is 0 Å². The Morgan fingerprint density at radius 2 is 1.33 bits per heavy atom. The summed E-state index contributed by atoms with van der Waals surface area (Å²) in [4.78, 5) is 22.1. The van der Waals surface area contributed by atoms with Crippen LogP contribution in [0.5, 0.6) is 0 Å². The number of hydrogen-bond acceptors (Lipinski definition) is 4. The molecule has 0 rings (SSSR count). The zero-order valence-electron chi connectivity index (χ0n) is 12.1. The lowest BCUT2D eigenvalue weighted by molar-refractivity contribution is -0.138. The monoisotopic (exact) mass is 274 g/mol. The van der Waals surface area contributed by atoms with Gasteiger partial charge in [-0.05, 0) is 6.42 Å². The van der Waals surface area contributed by atoms with E-state index in [2.05, 4.69) is 6.92 Å². The molecule has 0 aliphatic rings. The van der Waals surface area contributed by atoms with Gasteiger partial charge in [-0.25, -0.2) is 0 Å². The average molecular weight is 274 g/mol. The van der Waals surface area contributed by atoms with Gasteiger partial charge in [-0.3, -0.25) is 9.59 Å². The first-order valence-electron chi connectivity index (χ1n) is 6.79. The molecule has 0 fully saturated rings. The summed E-state index contributed by atoms with van der Waals surface area (Å²) in [6.07, 6.45) is 6.99. The molecule has 0 aromatic carbocycles. The van der Waals surface area contributed by atoms with Gasteiger partial charge in [0.1, 0.15) is 0 Å².